The van der Waals surface area contributed by atoms with Gasteiger partial charge in [-0.05, 0) is 30.7 Å². The summed E-state index contributed by atoms with van der Waals surface area (Å²) in [5, 5.41) is 6.09. The highest BCUT2D eigenvalue weighted by atomic mass is 16.5. The second kappa shape index (κ2) is 8.81. The van der Waals surface area contributed by atoms with E-state index in [0.717, 1.165) is 11.3 Å². The van der Waals surface area contributed by atoms with Crippen LogP contribution in [-0.4, -0.2) is 24.0 Å². The number of nitrogens with zero attached hydrogens (tertiary/aromatic N) is 1. The van der Waals surface area contributed by atoms with Gasteiger partial charge in [0.25, 0.3) is 5.91 Å². The minimum atomic E-state index is -0.513. The first-order chi connectivity index (χ1) is 13.6. The minimum absolute atomic E-state index is 0.0568. The lowest BCUT2D eigenvalue weighted by Crippen LogP contribution is -2.16. The lowest BCUT2D eigenvalue weighted by Gasteiger charge is -2.16. The number of aromatic nitrogens is 1. The van der Waals surface area contributed by atoms with Crippen molar-refractivity contribution >= 4 is 23.3 Å². The number of esters is 1. The number of carbonyl (C=O) groups is 2. The van der Waals surface area contributed by atoms with Gasteiger partial charge in [-0.15, -0.1) is 0 Å². The van der Waals surface area contributed by atoms with Gasteiger partial charge in [-0.3, -0.25) is 9.78 Å². The van der Waals surface area contributed by atoms with Gasteiger partial charge in [0.15, 0.2) is 0 Å². The van der Waals surface area contributed by atoms with Crippen molar-refractivity contribution in [1.82, 2.24) is 4.98 Å². The maximum atomic E-state index is 12.7. The lowest BCUT2D eigenvalue weighted by molar-refractivity contribution is 0.0602. The van der Waals surface area contributed by atoms with Crippen LogP contribution in [0.4, 0.5) is 11.4 Å². The molecule has 0 fully saturated rings. The SMILES string of the molecule is COC(=O)c1ccccc1NC(=O)c1cncc(NC(C)c2ccccc2)c1. The second-order valence-electron chi connectivity index (χ2n) is 6.23. The van der Waals surface area contributed by atoms with Gasteiger partial charge in [-0.2, -0.15) is 0 Å². The van der Waals surface area contributed by atoms with E-state index in [1.807, 2.05) is 37.3 Å². The highest BCUT2D eigenvalue weighted by Gasteiger charge is 2.15. The van der Waals surface area contributed by atoms with Crippen molar-refractivity contribution in [3.05, 3.63) is 89.7 Å². The topological polar surface area (TPSA) is 80.3 Å². The number of hydrogen-bond donors (Lipinski definition) is 2. The van der Waals surface area contributed by atoms with Crippen LogP contribution in [0.15, 0.2) is 73.1 Å². The molecule has 2 aromatic carbocycles. The number of methoxy groups -OCH3 is 1. The third-order valence-electron chi connectivity index (χ3n) is 4.26. The first-order valence-electron chi connectivity index (χ1n) is 8.83. The Morgan fingerprint density at radius 1 is 1.00 bits per heavy atom. The summed E-state index contributed by atoms with van der Waals surface area (Å²) in [6, 6.07) is 18.5. The van der Waals surface area contributed by atoms with E-state index in [0.29, 0.717) is 16.8 Å². The Balaban J connectivity index is 1.75. The van der Waals surface area contributed by atoms with Crippen molar-refractivity contribution in [3.63, 3.8) is 0 Å². The summed E-state index contributed by atoms with van der Waals surface area (Å²) in [6.45, 7) is 2.04. The average molecular weight is 375 g/mol. The van der Waals surface area contributed by atoms with Crippen LogP contribution >= 0.6 is 0 Å². The highest BCUT2D eigenvalue weighted by molar-refractivity contribution is 6.08. The number of pyridine rings is 1. The average Bonchev–Trinajstić information content (AvgIpc) is 2.74. The number of para-hydroxylation sites is 1. The number of nitrogens with one attached hydrogen (secondary N) is 2. The summed E-state index contributed by atoms with van der Waals surface area (Å²) < 4.78 is 4.76. The van der Waals surface area contributed by atoms with Crippen molar-refractivity contribution < 1.29 is 14.3 Å². The Labute approximate surface area is 163 Å². The molecule has 1 atom stereocenters. The summed E-state index contributed by atoms with van der Waals surface area (Å²) >= 11 is 0. The Kier molecular flexibility index (Phi) is 6.01. The monoisotopic (exact) mass is 375 g/mol. The fourth-order valence-corrected chi connectivity index (χ4v) is 2.79. The van der Waals surface area contributed by atoms with E-state index in [1.54, 1.807) is 36.5 Å². The molecule has 6 heteroatoms. The van der Waals surface area contributed by atoms with E-state index in [4.69, 9.17) is 4.74 Å². The van der Waals surface area contributed by atoms with Gasteiger partial charge in [0.2, 0.25) is 0 Å². The normalized spacial score (nSPS) is 11.4. The Morgan fingerprint density at radius 2 is 1.71 bits per heavy atom. The molecule has 1 unspecified atom stereocenters. The molecule has 142 valence electrons. The van der Waals surface area contributed by atoms with Crippen LogP contribution in [0.2, 0.25) is 0 Å². The third kappa shape index (κ3) is 4.54. The van der Waals surface area contributed by atoms with E-state index < -0.39 is 5.97 Å². The van der Waals surface area contributed by atoms with Crippen LogP contribution in [0, 0.1) is 0 Å². The minimum Gasteiger partial charge on any atom is -0.465 e. The van der Waals surface area contributed by atoms with Crippen molar-refractivity contribution in [1.29, 1.82) is 0 Å². The van der Waals surface area contributed by atoms with Crippen molar-refractivity contribution in [2.24, 2.45) is 0 Å². The number of benzene rings is 2. The Bertz CT molecular complexity index is 974. The number of rotatable bonds is 6. The zero-order chi connectivity index (χ0) is 19.9. The van der Waals surface area contributed by atoms with E-state index in [1.165, 1.54) is 13.3 Å². The van der Waals surface area contributed by atoms with E-state index in [-0.39, 0.29) is 11.9 Å². The van der Waals surface area contributed by atoms with Crippen molar-refractivity contribution in [3.8, 4) is 0 Å². The fourth-order valence-electron chi connectivity index (χ4n) is 2.79. The number of ether oxygens (including phenoxy) is 1. The molecule has 0 bridgehead atoms. The summed E-state index contributed by atoms with van der Waals surface area (Å²) in [5.41, 5.74) is 2.91. The molecule has 6 nitrogen and oxygen atoms in total. The molecule has 0 aliphatic heterocycles. The summed E-state index contributed by atoms with van der Waals surface area (Å²) in [6.07, 6.45) is 3.15. The van der Waals surface area contributed by atoms with Gasteiger partial charge < -0.3 is 15.4 Å². The Hall–Kier alpha value is -3.67. The van der Waals surface area contributed by atoms with Gasteiger partial charge in [0.1, 0.15) is 0 Å². The van der Waals surface area contributed by atoms with Crippen LogP contribution in [0.1, 0.15) is 39.2 Å². The van der Waals surface area contributed by atoms with E-state index in [2.05, 4.69) is 15.6 Å². The molecular formula is C22H21N3O3. The number of carbonyl (C=O) groups excluding carboxylic acids is 2. The van der Waals surface area contributed by atoms with E-state index >= 15 is 0 Å². The molecule has 0 saturated heterocycles. The summed E-state index contributed by atoms with van der Waals surface area (Å²) in [7, 11) is 1.30. The molecule has 1 amide bonds. The number of amides is 1. The van der Waals surface area contributed by atoms with Crippen LogP contribution in [0.3, 0.4) is 0 Å². The van der Waals surface area contributed by atoms with Crippen LogP contribution in [0.25, 0.3) is 0 Å². The van der Waals surface area contributed by atoms with Crippen LogP contribution in [0.5, 0.6) is 0 Å². The molecule has 1 aromatic heterocycles. The predicted octanol–water partition coefficient (Wildman–Crippen LogP) is 4.29. The molecule has 1 heterocycles. The molecule has 0 aliphatic carbocycles. The van der Waals surface area contributed by atoms with Crippen molar-refractivity contribution in [2.75, 3.05) is 17.7 Å². The first-order valence-corrected chi connectivity index (χ1v) is 8.83. The summed E-state index contributed by atoms with van der Waals surface area (Å²) in [5.74, 6) is -0.874. The standard InChI is InChI=1S/C22H21N3O3/c1-15(16-8-4-3-5-9-16)24-18-12-17(13-23-14-18)21(26)25-20-11-7-6-10-19(20)22(27)28-2/h3-15,24H,1-2H3,(H,25,26). The lowest BCUT2D eigenvalue weighted by atomic mass is 10.1. The molecule has 0 spiro atoms. The van der Waals surface area contributed by atoms with Crippen LogP contribution < -0.4 is 10.6 Å². The van der Waals surface area contributed by atoms with Crippen LogP contribution in [-0.2, 0) is 4.74 Å². The van der Waals surface area contributed by atoms with Gasteiger partial charge in [-0.25, -0.2) is 4.79 Å². The molecule has 0 radical (unpaired) electrons. The van der Waals surface area contributed by atoms with Crippen molar-refractivity contribution in [2.45, 2.75) is 13.0 Å². The largest absolute Gasteiger partial charge is 0.465 e. The quantitative estimate of drug-likeness (QED) is 0.628. The summed E-state index contributed by atoms with van der Waals surface area (Å²) in [4.78, 5) is 28.7. The van der Waals surface area contributed by atoms with Gasteiger partial charge >= 0.3 is 5.97 Å². The van der Waals surface area contributed by atoms with Gasteiger partial charge in [0, 0.05) is 18.4 Å². The molecule has 28 heavy (non-hydrogen) atoms. The molecule has 0 aliphatic rings. The zero-order valence-corrected chi connectivity index (χ0v) is 15.7. The van der Waals surface area contributed by atoms with Gasteiger partial charge in [0.05, 0.1) is 29.6 Å². The highest BCUT2D eigenvalue weighted by Crippen LogP contribution is 2.21. The number of hydrogen-bond acceptors (Lipinski definition) is 5. The molecule has 2 N–H and O–H groups in total. The molecular weight excluding hydrogens is 354 g/mol. The Morgan fingerprint density at radius 3 is 2.46 bits per heavy atom. The maximum Gasteiger partial charge on any atom is 0.339 e. The number of anilines is 2. The third-order valence-corrected chi connectivity index (χ3v) is 4.26. The molecule has 3 rings (SSSR count). The smallest absolute Gasteiger partial charge is 0.339 e. The molecule has 3 aromatic rings. The first kappa shape index (κ1) is 19.1. The predicted molar refractivity (Wildman–Crippen MR) is 108 cm³/mol. The zero-order valence-electron chi connectivity index (χ0n) is 15.7. The maximum absolute atomic E-state index is 12.7. The second-order valence-corrected chi connectivity index (χ2v) is 6.23. The van der Waals surface area contributed by atoms with E-state index in [9.17, 15) is 9.59 Å². The molecule has 0 saturated carbocycles. The fraction of sp³-hybridized carbons (Fsp3) is 0.136. The van der Waals surface area contributed by atoms with Gasteiger partial charge in [-0.1, -0.05) is 42.5 Å².